The third-order valence-electron chi connectivity index (χ3n) is 7.81. The second-order valence-corrected chi connectivity index (χ2v) is 12.1. The van der Waals surface area contributed by atoms with Gasteiger partial charge in [-0.15, -0.1) is 0 Å². The molecule has 13 nitrogen and oxygen atoms in total. The topological polar surface area (TPSA) is 202 Å². The summed E-state index contributed by atoms with van der Waals surface area (Å²) in [6, 6.07) is 24.1. The molecule has 58 heavy (non-hydrogen) atoms. The van der Waals surface area contributed by atoms with E-state index >= 15 is 0 Å². The monoisotopic (exact) mass is 835 g/mol. The Hall–Kier alpha value is -6.42. The first kappa shape index (κ1) is 46.0. The Morgan fingerprint density at radius 3 is 1.76 bits per heavy atom. The minimum Gasteiger partial charge on any atom is -1.00 e. The molecule has 17 heteroatoms. The van der Waals surface area contributed by atoms with Gasteiger partial charge in [0.25, 0.3) is 5.91 Å². The van der Waals surface area contributed by atoms with E-state index < -0.39 is 23.4 Å². The van der Waals surface area contributed by atoms with E-state index in [0.29, 0.717) is 41.7 Å². The van der Waals surface area contributed by atoms with Crippen molar-refractivity contribution in [3.8, 4) is 45.5 Å². The van der Waals surface area contributed by atoms with Gasteiger partial charge in [-0.2, -0.15) is 0 Å². The number of quaternary nitrogens is 1. The zero-order chi connectivity index (χ0) is 41.5. The lowest BCUT2D eigenvalue weighted by Crippen LogP contribution is -3.00. The molecule has 0 unspecified atom stereocenters. The number of hydrogen-bond donors (Lipinski definition) is 3. The van der Waals surface area contributed by atoms with Gasteiger partial charge in [0.15, 0.2) is 23.1 Å². The van der Waals surface area contributed by atoms with Gasteiger partial charge in [0.1, 0.15) is 34.9 Å². The van der Waals surface area contributed by atoms with Crippen LogP contribution in [0.4, 0.5) is 14.5 Å². The van der Waals surface area contributed by atoms with Crippen LogP contribution < -0.4 is 48.6 Å². The lowest BCUT2D eigenvalue weighted by molar-refractivity contribution is -0.255. The minimum absolute atomic E-state index is 0. The van der Waals surface area contributed by atoms with Crippen LogP contribution in [0.25, 0.3) is 22.5 Å². The highest BCUT2D eigenvalue weighted by molar-refractivity contribution is 6.29. The molecule has 0 fully saturated rings. The second kappa shape index (κ2) is 22.4. The molecule has 0 aliphatic rings. The Kier molecular flexibility index (Phi) is 17.7. The summed E-state index contributed by atoms with van der Waals surface area (Å²) in [5.41, 5.74) is 18.5. The lowest BCUT2D eigenvalue weighted by atomic mass is 10.0. The van der Waals surface area contributed by atoms with E-state index in [1.165, 1.54) is 45.1 Å². The molecule has 0 atom stereocenters. The standard InChI is InChI=1S/C21H20FN3O3.C12H11ClN2O.C8H9FN2O2.ClH/c1-3-28-19-7-5-4-6-15(19)18-11-14(24-12-25-18)8-13-9-16(21(23)26)20(27-2)17(22)10-13;1-2-16-11-6-4-3-5-9(11)10-7-12(13)15-8-14-10;1-13-7-5(8(11)12)2-4(10)3-6(7)9;/h4-7,9-12H,3,8H2,1-2H3,(H2,23,26);3-8H,2H2,1H3;2-3H,10H2,1H3,(H2,11,12);1H. The summed E-state index contributed by atoms with van der Waals surface area (Å²) in [5.74, 6) is -1.34. The molecule has 0 aliphatic carbocycles. The fourth-order valence-corrected chi connectivity index (χ4v) is 5.57. The number of amides is 2. The molecule has 7 N–H and O–H groups in total. The summed E-state index contributed by atoms with van der Waals surface area (Å²) in [5, 5.41) is 0.427. The summed E-state index contributed by atoms with van der Waals surface area (Å²) in [4.78, 5) is 39.1. The molecule has 2 aromatic heterocycles. The van der Waals surface area contributed by atoms with Crippen LogP contribution in [0, 0.1) is 11.6 Å². The van der Waals surface area contributed by atoms with Gasteiger partial charge in [0.2, 0.25) is 0 Å². The van der Waals surface area contributed by atoms with Gasteiger partial charge in [0.05, 0.1) is 44.4 Å². The molecule has 0 aliphatic heterocycles. The zero-order valence-corrected chi connectivity index (χ0v) is 33.5. The molecule has 0 bridgehead atoms. The molecule has 2 heterocycles. The van der Waals surface area contributed by atoms with Crippen LogP contribution in [0.1, 0.15) is 45.8 Å². The largest absolute Gasteiger partial charge is 1.00 e. The summed E-state index contributed by atoms with van der Waals surface area (Å²) < 4.78 is 48.2. The van der Waals surface area contributed by atoms with E-state index in [9.17, 15) is 18.4 Å². The quantitative estimate of drug-likeness (QED) is 0.121. The van der Waals surface area contributed by atoms with Crippen molar-refractivity contribution in [2.24, 2.45) is 5.73 Å². The highest BCUT2D eigenvalue weighted by Gasteiger charge is 2.18. The number of halogens is 4. The van der Waals surface area contributed by atoms with Crippen molar-refractivity contribution in [1.29, 1.82) is 0 Å². The van der Waals surface area contributed by atoms with Gasteiger partial charge in [-0.05, 0) is 67.9 Å². The summed E-state index contributed by atoms with van der Waals surface area (Å²) in [6.45, 7) is 5.02. The van der Waals surface area contributed by atoms with Crippen LogP contribution in [0.5, 0.6) is 23.0 Å². The number of carbonyl (C=O) groups is 2. The van der Waals surface area contributed by atoms with E-state index in [1.54, 1.807) is 6.07 Å². The van der Waals surface area contributed by atoms with Crippen LogP contribution >= 0.6 is 11.6 Å². The molecule has 0 radical (unpaired) electrons. The third-order valence-corrected chi connectivity index (χ3v) is 8.02. The lowest BCUT2D eigenvalue weighted by Gasteiger charge is -2.11. The van der Waals surface area contributed by atoms with E-state index in [4.69, 9.17) is 42.0 Å². The number of anilines is 1. The zero-order valence-electron chi connectivity index (χ0n) is 32.0. The molecule has 0 spiro atoms. The van der Waals surface area contributed by atoms with Gasteiger partial charge in [-0.3, -0.25) is 10.5 Å². The predicted molar refractivity (Wildman–Crippen MR) is 211 cm³/mol. The second-order valence-electron chi connectivity index (χ2n) is 11.7. The maximum Gasteiger partial charge on any atom is 0.344 e. The first-order chi connectivity index (χ1) is 27.4. The number of nitrogen functional groups attached to an aromatic ring is 1. The van der Waals surface area contributed by atoms with Crippen molar-refractivity contribution in [2.75, 3.05) is 33.2 Å². The fourth-order valence-electron chi connectivity index (χ4n) is 5.42. The van der Waals surface area contributed by atoms with Crippen molar-refractivity contribution < 1.29 is 55.5 Å². The number of para-hydroxylation sites is 2. The molecule has 0 saturated carbocycles. The van der Waals surface area contributed by atoms with Gasteiger partial charge in [-0.1, -0.05) is 35.9 Å². The van der Waals surface area contributed by atoms with Crippen LogP contribution in [0.2, 0.25) is 5.15 Å². The van der Waals surface area contributed by atoms with Crippen LogP contribution in [-0.4, -0.2) is 59.2 Å². The minimum atomic E-state index is -0.758. The number of primary amides is 1. The normalized spacial score (nSPS) is 10.1. The number of carbonyl (C=O) groups excluding carboxylic acids is 2. The number of aromatic nitrogens is 4. The third kappa shape index (κ3) is 12.3. The number of nitrogens with two attached hydrogens (primary N) is 2. The van der Waals surface area contributed by atoms with E-state index in [-0.39, 0.29) is 40.7 Å². The first-order valence-corrected chi connectivity index (χ1v) is 17.7. The van der Waals surface area contributed by atoms with Crippen LogP contribution in [0.3, 0.4) is 0 Å². The number of ether oxygens (including phenoxy) is 4. The smallest absolute Gasteiger partial charge is 0.344 e. The maximum absolute atomic E-state index is 14.3. The average Bonchev–Trinajstić information content (AvgIpc) is 3.19. The van der Waals surface area contributed by atoms with Crippen LogP contribution in [-0.2, 0) is 6.42 Å². The molecule has 6 aromatic rings. The Labute approximate surface area is 344 Å². The molecule has 304 valence electrons. The highest BCUT2D eigenvalue weighted by atomic mass is 35.5. The summed E-state index contributed by atoms with van der Waals surface area (Å²) in [6.07, 6.45) is 3.19. The predicted octanol–water partition coefficient (Wildman–Crippen LogP) is 3.38. The highest BCUT2D eigenvalue weighted by Crippen LogP contribution is 2.31. The van der Waals surface area contributed by atoms with Crippen molar-refractivity contribution in [1.82, 2.24) is 19.9 Å². The molecule has 2 amide bonds. The van der Waals surface area contributed by atoms with Gasteiger partial charge in [0, 0.05) is 41.1 Å². The molecular formula is C41H41Cl2F2N7O6. The number of methoxy groups -OCH3 is 2. The van der Waals surface area contributed by atoms with Gasteiger partial charge in [-0.25, -0.2) is 33.5 Å². The first-order valence-electron chi connectivity index (χ1n) is 17.3. The molecule has 0 saturated heterocycles. The van der Waals surface area contributed by atoms with Crippen molar-refractivity contribution in [3.63, 3.8) is 0 Å². The Bertz CT molecular complexity index is 2340. The Morgan fingerprint density at radius 2 is 1.24 bits per heavy atom. The molecular weight excluding hydrogens is 795 g/mol. The summed E-state index contributed by atoms with van der Waals surface area (Å²) >= 11 is 5.83. The molecule has 4 aromatic carbocycles. The number of hydrogen-bond acceptors (Lipinski definition) is 11. The Balaban J connectivity index is 0.000000254. The van der Waals surface area contributed by atoms with E-state index in [1.807, 2.05) is 68.4 Å². The summed E-state index contributed by atoms with van der Waals surface area (Å²) in [7, 11) is 2.57. The molecule has 6 rings (SSSR count). The maximum atomic E-state index is 14.3. The van der Waals surface area contributed by atoms with Crippen molar-refractivity contribution in [3.05, 3.63) is 137 Å². The fraction of sp³-hybridized carbons (Fsp3) is 0.171. The van der Waals surface area contributed by atoms with Crippen molar-refractivity contribution >= 4 is 29.1 Å². The van der Waals surface area contributed by atoms with Crippen LogP contribution in [0.15, 0.2) is 97.6 Å². The van der Waals surface area contributed by atoms with E-state index in [2.05, 4.69) is 25.7 Å². The number of benzene rings is 4. The van der Waals surface area contributed by atoms with Gasteiger partial charge >= 0.3 is 5.91 Å². The Morgan fingerprint density at radius 1 is 0.724 bits per heavy atom. The number of nitrogens with zero attached hydrogens (tertiary/aromatic N) is 4. The van der Waals surface area contributed by atoms with E-state index in [0.717, 1.165) is 34.4 Å². The van der Waals surface area contributed by atoms with Gasteiger partial charge < -0.3 is 42.8 Å². The number of rotatable bonds is 12. The average molecular weight is 837 g/mol. The SMILES string of the molecule is CCOc1ccccc1-c1cc(Cc2cc(F)c(OC)c(C(N)=O)c2)ncn1.CCOc1ccccc1-c1cc(Cl)ncn1.COc1c(F)cc(N)cc1C([NH3+])=O.[Cl-]. The van der Waals surface area contributed by atoms with Crippen molar-refractivity contribution in [2.45, 2.75) is 20.3 Å².